The van der Waals surface area contributed by atoms with Gasteiger partial charge in [-0.1, -0.05) is 18.2 Å². The van der Waals surface area contributed by atoms with Gasteiger partial charge in [0.2, 0.25) is 0 Å². The van der Waals surface area contributed by atoms with Gasteiger partial charge in [-0.05, 0) is 0 Å². The first-order valence-corrected chi connectivity index (χ1v) is 6.39. The Hall–Kier alpha value is -0.910. The molecule has 1 aromatic carbocycles. The third-order valence-corrected chi connectivity index (χ3v) is 2.64. The fourth-order valence-corrected chi connectivity index (χ4v) is 1.65. The minimum Gasteiger partial charge on any atom is -0.507 e. The summed E-state index contributed by atoms with van der Waals surface area (Å²) in [6.45, 7) is -0.150. The van der Waals surface area contributed by atoms with Crippen LogP contribution in [-0.2, 0) is 17.7 Å². The van der Waals surface area contributed by atoms with Crippen molar-refractivity contribution < 1.29 is 24.6 Å². The quantitative estimate of drug-likeness (QED) is 0.472. The number of hydrogen-bond acceptors (Lipinski definition) is 4. The first-order valence-electron chi connectivity index (χ1n) is 4.60. The molecule has 0 heterocycles. The zero-order valence-electron chi connectivity index (χ0n) is 8.50. The molecule has 90 valence electrons. The average Bonchev–Trinajstić information content (AvgIpc) is 2.19. The van der Waals surface area contributed by atoms with Gasteiger partial charge in [0.05, 0.1) is 12.9 Å². The summed E-state index contributed by atoms with van der Waals surface area (Å²) in [5, 5.41) is 21.0. The van der Waals surface area contributed by atoms with Gasteiger partial charge in [0, 0.05) is 17.7 Å². The number of hydrogen-bond donors (Lipinski definition) is 5. The van der Waals surface area contributed by atoms with Gasteiger partial charge in [0.1, 0.15) is 5.75 Å². The van der Waals surface area contributed by atoms with Crippen molar-refractivity contribution in [2.24, 2.45) is 0 Å². The molecule has 0 aliphatic carbocycles. The van der Waals surface area contributed by atoms with Crippen molar-refractivity contribution in [1.29, 1.82) is 0 Å². The Bertz CT molecular complexity index is 403. The van der Waals surface area contributed by atoms with E-state index in [1.54, 1.807) is 18.2 Å². The van der Waals surface area contributed by atoms with E-state index in [4.69, 9.17) is 14.9 Å². The molecule has 0 saturated heterocycles. The summed E-state index contributed by atoms with van der Waals surface area (Å²) >= 11 is 0. The molecule has 0 radical (unpaired) electrons. The Kier molecular flexibility index (Phi) is 4.46. The monoisotopic (exact) mass is 247 g/mol. The number of aliphatic hydroxyl groups excluding tert-OH is 1. The molecule has 0 spiro atoms. The van der Waals surface area contributed by atoms with Crippen molar-refractivity contribution in [3.63, 3.8) is 0 Å². The van der Waals surface area contributed by atoms with E-state index in [1.165, 1.54) is 0 Å². The smallest absolute Gasteiger partial charge is 0.339 e. The molecule has 6 nitrogen and oxygen atoms in total. The van der Waals surface area contributed by atoms with Gasteiger partial charge in [-0.15, -0.1) is 0 Å². The van der Waals surface area contributed by atoms with Crippen molar-refractivity contribution in [1.82, 2.24) is 5.32 Å². The molecule has 7 heteroatoms. The third kappa shape index (κ3) is 3.92. The molecule has 5 N–H and O–H groups in total. The van der Waals surface area contributed by atoms with Gasteiger partial charge >= 0.3 is 7.60 Å². The summed E-state index contributed by atoms with van der Waals surface area (Å²) < 4.78 is 10.6. The second-order valence-electron chi connectivity index (χ2n) is 3.33. The van der Waals surface area contributed by atoms with Crippen LogP contribution in [0.4, 0.5) is 0 Å². The molecule has 16 heavy (non-hydrogen) atoms. The predicted octanol–water partition coefficient (Wildman–Crippen LogP) is 0.109. The molecule has 0 bridgehead atoms. The zero-order chi connectivity index (χ0) is 12.2. The lowest BCUT2D eigenvalue weighted by Crippen LogP contribution is -2.15. The van der Waals surface area contributed by atoms with Gasteiger partial charge in [-0.2, -0.15) is 0 Å². The molecular formula is C9H14NO5P. The van der Waals surface area contributed by atoms with Gasteiger partial charge in [0.25, 0.3) is 0 Å². The Morgan fingerprint density at radius 1 is 1.25 bits per heavy atom. The van der Waals surface area contributed by atoms with E-state index < -0.39 is 13.9 Å². The number of rotatable bonds is 5. The van der Waals surface area contributed by atoms with Crippen LogP contribution in [0.1, 0.15) is 11.1 Å². The fourth-order valence-electron chi connectivity index (χ4n) is 1.25. The molecule has 1 rings (SSSR count). The summed E-state index contributed by atoms with van der Waals surface area (Å²) in [6.07, 6.45) is -0.449. The largest absolute Gasteiger partial charge is 0.507 e. The Morgan fingerprint density at radius 2 is 1.88 bits per heavy atom. The molecule has 0 aromatic heterocycles. The summed E-state index contributed by atoms with van der Waals surface area (Å²) in [5.74, 6) is -0.0526. The number of phenols is 1. The van der Waals surface area contributed by atoms with Crippen LogP contribution in [-0.4, -0.2) is 26.3 Å². The molecule has 1 aromatic rings. The molecule has 0 unspecified atom stereocenters. The van der Waals surface area contributed by atoms with E-state index >= 15 is 0 Å². The molecule has 0 aliphatic heterocycles. The number of benzene rings is 1. The van der Waals surface area contributed by atoms with Crippen LogP contribution < -0.4 is 5.32 Å². The maximum Gasteiger partial charge on any atom is 0.339 e. The van der Waals surface area contributed by atoms with Crippen LogP contribution in [0.5, 0.6) is 5.75 Å². The number of nitrogens with one attached hydrogen (secondary N) is 1. The number of aromatic hydroxyl groups is 1. The second-order valence-corrected chi connectivity index (χ2v) is 4.98. The predicted molar refractivity (Wildman–Crippen MR) is 57.8 cm³/mol. The van der Waals surface area contributed by atoms with E-state index in [9.17, 15) is 9.67 Å². The van der Waals surface area contributed by atoms with Crippen LogP contribution >= 0.6 is 7.60 Å². The Labute approximate surface area is 92.7 Å². The molecule has 0 atom stereocenters. The maximum absolute atomic E-state index is 10.6. The van der Waals surface area contributed by atoms with Crippen molar-refractivity contribution in [2.45, 2.75) is 13.2 Å². The van der Waals surface area contributed by atoms with Crippen molar-refractivity contribution in [3.05, 3.63) is 29.3 Å². The summed E-state index contributed by atoms with van der Waals surface area (Å²) in [7, 11) is -4.08. The van der Waals surface area contributed by atoms with Crippen molar-refractivity contribution in [2.75, 3.05) is 6.29 Å². The fraction of sp³-hybridized carbons (Fsp3) is 0.333. The number of para-hydroxylation sites is 1. The lowest BCUT2D eigenvalue weighted by molar-refractivity contribution is 0.275. The normalized spacial score (nSPS) is 11.7. The van der Waals surface area contributed by atoms with Crippen molar-refractivity contribution >= 4 is 7.60 Å². The first kappa shape index (κ1) is 13.2. The summed E-state index contributed by atoms with van der Waals surface area (Å²) in [5.41, 5.74) is 0.871. The lowest BCUT2D eigenvalue weighted by Gasteiger charge is -2.09. The highest BCUT2D eigenvalue weighted by Crippen LogP contribution is 2.32. The van der Waals surface area contributed by atoms with Crippen LogP contribution in [0.2, 0.25) is 0 Å². The summed E-state index contributed by atoms with van der Waals surface area (Å²) in [4.78, 5) is 17.2. The topological polar surface area (TPSA) is 110 Å². The van der Waals surface area contributed by atoms with Gasteiger partial charge in [-0.25, -0.2) is 0 Å². The van der Waals surface area contributed by atoms with E-state index in [2.05, 4.69) is 5.32 Å². The SMILES string of the molecule is O=P(O)(O)CNCc1cccc(CO)c1O. The zero-order valence-corrected chi connectivity index (χ0v) is 9.39. The molecular weight excluding hydrogens is 233 g/mol. The third-order valence-electron chi connectivity index (χ3n) is 2.01. The van der Waals surface area contributed by atoms with E-state index in [0.717, 1.165) is 0 Å². The number of aliphatic hydroxyl groups is 1. The second kappa shape index (κ2) is 5.43. The highest BCUT2D eigenvalue weighted by molar-refractivity contribution is 7.51. The Balaban J connectivity index is 2.64. The van der Waals surface area contributed by atoms with Crippen LogP contribution in [0.25, 0.3) is 0 Å². The average molecular weight is 247 g/mol. The van der Waals surface area contributed by atoms with Crippen LogP contribution in [0, 0.1) is 0 Å². The minimum absolute atomic E-state index is 0.0526. The minimum atomic E-state index is -4.08. The van der Waals surface area contributed by atoms with Crippen molar-refractivity contribution in [3.8, 4) is 5.75 Å². The van der Waals surface area contributed by atoms with Gasteiger partial charge in [-0.3, -0.25) is 4.57 Å². The Morgan fingerprint density at radius 3 is 2.44 bits per heavy atom. The molecule has 0 aliphatic rings. The van der Waals surface area contributed by atoms with Gasteiger partial charge in [0.15, 0.2) is 0 Å². The molecule has 0 fully saturated rings. The summed E-state index contributed by atoms with van der Waals surface area (Å²) in [6, 6.07) is 4.84. The molecule has 0 saturated carbocycles. The lowest BCUT2D eigenvalue weighted by atomic mass is 10.1. The van der Waals surface area contributed by atoms with E-state index in [0.29, 0.717) is 11.1 Å². The van der Waals surface area contributed by atoms with Crippen LogP contribution in [0.3, 0.4) is 0 Å². The first-order chi connectivity index (χ1) is 7.44. The highest BCUT2D eigenvalue weighted by atomic mass is 31.2. The van der Waals surface area contributed by atoms with E-state index in [-0.39, 0.29) is 18.9 Å². The van der Waals surface area contributed by atoms with E-state index in [1.807, 2.05) is 0 Å². The standard InChI is InChI=1S/C9H14NO5P/c11-5-8-3-1-2-7(9(8)12)4-10-6-16(13,14)15/h1-3,10-12H,4-6H2,(H2,13,14,15). The maximum atomic E-state index is 10.6. The molecule has 0 amide bonds. The van der Waals surface area contributed by atoms with Crippen LogP contribution in [0.15, 0.2) is 18.2 Å². The highest BCUT2D eigenvalue weighted by Gasteiger charge is 2.12. The van der Waals surface area contributed by atoms with Gasteiger partial charge < -0.3 is 25.3 Å².